The standard InChI is InChI=1S/C6H11FO2.ClH/c7-6(9)3-1-2-5(6)4-8;/h5,8-9H,1-4H2;1H. The van der Waals surface area contributed by atoms with Gasteiger partial charge in [-0.3, -0.25) is 0 Å². The van der Waals surface area contributed by atoms with Crippen LogP contribution in [0.5, 0.6) is 0 Å². The van der Waals surface area contributed by atoms with Gasteiger partial charge < -0.3 is 10.2 Å². The molecule has 0 aromatic carbocycles. The smallest absolute Gasteiger partial charge is 0.211 e. The minimum atomic E-state index is -2.09. The Labute approximate surface area is 65.5 Å². The average molecular weight is 171 g/mol. The van der Waals surface area contributed by atoms with Gasteiger partial charge in [-0.05, 0) is 12.8 Å². The summed E-state index contributed by atoms with van der Waals surface area (Å²) in [7, 11) is 0. The van der Waals surface area contributed by atoms with Gasteiger partial charge >= 0.3 is 0 Å². The molecule has 0 aliphatic heterocycles. The van der Waals surface area contributed by atoms with Gasteiger partial charge in [0.05, 0.1) is 6.61 Å². The summed E-state index contributed by atoms with van der Waals surface area (Å²) in [5, 5.41) is 17.3. The molecule has 2 atom stereocenters. The maximum Gasteiger partial charge on any atom is 0.211 e. The average Bonchev–Trinajstić information content (AvgIpc) is 2.08. The molecule has 4 heteroatoms. The highest BCUT2D eigenvalue weighted by Crippen LogP contribution is 2.35. The van der Waals surface area contributed by atoms with Crippen LogP contribution < -0.4 is 0 Å². The van der Waals surface area contributed by atoms with Crippen molar-refractivity contribution in [2.24, 2.45) is 5.92 Å². The van der Waals surface area contributed by atoms with Crippen LogP contribution in [-0.4, -0.2) is 22.7 Å². The van der Waals surface area contributed by atoms with E-state index in [9.17, 15) is 4.39 Å². The van der Waals surface area contributed by atoms with E-state index in [1.807, 2.05) is 0 Å². The SMILES string of the molecule is Cl.OCC1CCCC1(O)F. The number of aliphatic hydroxyl groups is 2. The Bertz CT molecular complexity index is 108. The molecule has 0 heterocycles. The first-order valence-corrected chi connectivity index (χ1v) is 3.19. The lowest BCUT2D eigenvalue weighted by Gasteiger charge is -2.18. The summed E-state index contributed by atoms with van der Waals surface area (Å²) in [6, 6.07) is 0. The van der Waals surface area contributed by atoms with Crippen LogP contribution in [0.1, 0.15) is 19.3 Å². The number of halogens is 2. The lowest BCUT2D eigenvalue weighted by Crippen LogP contribution is -2.29. The van der Waals surface area contributed by atoms with E-state index >= 15 is 0 Å². The maximum atomic E-state index is 12.7. The van der Waals surface area contributed by atoms with Crippen molar-refractivity contribution in [2.45, 2.75) is 25.1 Å². The highest BCUT2D eigenvalue weighted by atomic mass is 35.5. The van der Waals surface area contributed by atoms with E-state index in [4.69, 9.17) is 10.2 Å². The molecule has 1 aliphatic rings. The van der Waals surface area contributed by atoms with Gasteiger partial charge in [0.15, 0.2) is 0 Å². The van der Waals surface area contributed by atoms with Crippen LogP contribution in [0.4, 0.5) is 4.39 Å². The second kappa shape index (κ2) is 3.51. The van der Waals surface area contributed by atoms with Crippen LogP contribution in [0, 0.1) is 5.92 Å². The van der Waals surface area contributed by atoms with Crippen LogP contribution in [0.25, 0.3) is 0 Å². The van der Waals surface area contributed by atoms with E-state index in [0.29, 0.717) is 12.8 Å². The predicted octanol–water partition coefficient (Wildman–Crippen LogP) is 0.859. The second-order valence-corrected chi connectivity index (χ2v) is 2.59. The topological polar surface area (TPSA) is 40.5 Å². The number of rotatable bonds is 1. The van der Waals surface area contributed by atoms with Crippen molar-refractivity contribution in [3.05, 3.63) is 0 Å². The number of alkyl halides is 1. The molecule has 1 rings (SSSR count). The number of hydrogen-bond acceptors (Lipinski definition) is 2. The van der Waals surface area contributed by atoms with Crippen molar-refractivity contribution in [2.75, 3.05) is 6.61 Å². The summed E-state index contributed by atoms with van der Waals surface area (Å²) < 4.78 is 12.7. The number of hydrogen-bond donors (Lipinski definition) is 2. The van der Waals surface area contributed by atoms with Crippen LogP contribution in [0.3, 0.4) is 0 Å². The summed E-state index contributed by atoms with van der Waals surface area (Å²) >= 11 is 0. The Kier molecular flexibility index (Phi) is 3.56. The van der Waals surface area contributed by atoms with Crippen molar-refractivity contribution in [1.82, 2.24) is 0 Å². The van der Waals surface area contributed by atoms with Crippen LogP contribution in [-0.2, 0) is 0 Å². The third-order valence-corrected chi connectivity index (χ3v) is 1.93. The van der Waals surface area contributed by atoms with E-state index in [-0.39, 0.29) is 25.4 Å². The molecule has 2 unspecified atom stereocenters. The van der Waals surface area contributed by atoms with Crippen LogP contribution in [0.15, 0.2) is 0 Å². The first-order chi connectivity index (χ1) is 4.17. The zero-order valence-corrected chi connectivity index (χ0v) is 6.40. The summed E-state index contributed by atoms with van der Waals surface area (Å²) in [5.74, 6) is -2.63. The quantitative estimate of drug-likeness (QED) is 0.613. The fourth-order valence-electron chi connectivity index (χ4n) is 1.25. The molecule has 0 amide bonds. The van der Waals surface area contributed by atoms with E-state index in [0.717, 1.165) is 0 Å². The Balaban J connectivity index is 0.000000810. The van der Waals surface area contributed by atoms with E-state index in [2.05, 4.69) is 0 Å². The van der Waals surface area contributed by atoms with Gasteiger partial charge in [0.25, 0.3) is 0 Å². The molecule has 1 fully saturated rings. The molecular formula is C6H12ClFO2. The third-order valence-electron chi connectivity index (χ3n) is 1.93. The van der Waals surface area contributed by atoms with E-state index in [1.165, 1.54) is 0 Å². The van der Waals surface area contributed by atoms with Crippen LogP contribution in [0.2, 0.25) is 0 Å². The molecule has 2 nitrogen and oxygen atoms in total. The van der Waals surface area contributed by atoms with Gasteiger partial charge in [-0.15, -0.1) is 12.4 Å². The zero-order valence-electron chi connectivity index (χ0n) is 5.59. The van der Waals surface area contributed by atoms with Gasteiger partial charge in [-0.2, -0.15) is 0 Å². The van der Waals surface area contributed by atoms with Crippen LogP contribution >= 0.6 is 12.4 Å². The highest BCUT2D eigenvalue weighted by molar-refractivity contribution is 5.85. The normalized spacial score (nSPS) is 39.3. The summed E-state index contributed by atoms with van der Waals surface area (Å²) in [5.41, 5.74) is 0. The lowest BCUT2D eigenvalue weighted by atomic mass is 10.1. The fourth-order valence-corrected chi connectivity index (χ4v) is 1.25. The second-order valence-electron chi connectivity index (χ2n) is 2.59. The van der Waals surface area contributed by atoms with Crippen molar-refractivity contribution in [1.29, 1.82) is 0 Å². The van der Waals surface area contributed by atoms with Gasteiger partial charge in [-0.25, -0.2) is 4.39 Å². The van der Waals surface area contributed by atoms with Gasteiger partial charge in [-0.1, -0.05) is 0 Å². The molecule has 2 N–H and O–H groups in total. The maximum absolute atomic E-state index is 12.7. The highest BCUT2D eigenvalue weighted by Gasteiger charge is 2.40. The Hall–Kier alpha value is 0.140. The van der Waals surface area contributed by atoms with Gasteiger partial charge in [0.1, 0.15) is 0 Å². The van der Waals surface area contributed by atoms with Crippen molar-refractivity contribution in [3.63, 3.8) is 0 Å². The molecule has 0 aromatic heterocycles. The molecule has 0 bridgehead atoms. The zero-order chi connectivity index (χ0) is 6.91. The Morgan fingerprint density at radius 2 is 2.20 bits per heavy atom. The van der Waals surface area contributed by atoms with Crippen molar-refractivity contribution in [3.8, 4) is 0 Å². The molecule has 1 saturated carbocycles. The molecule has 62 valence electrons. The lowest BCUT2D eigenvalue weighted by molar-refractivity contribution is -0.128. The first kappa shape index (κ1) is 10.1. The van der Waals surface area contributed by atoms with E-state index in [1.54, 1.807) is 0 Å². The first-order valence-electron chi connectivity index (χ1n) is 3.19. The Morgan fingerprint density at radius 3 is 2.40 bits per heavy atom. The molecular weight excluding hydrogens is 159 g/mol. The van der Waals surface area contributed by atoms with Gasteiger partial charge in [0.2, 0.25) is 5.85 Å². The number of aliphatic hydroxyl groups excluding tert-OH is 1. The molecule has 1 aliphatic carbocycles. The van der Waals surface area contributed by atoms with Crippen molar-refractivity contribution < 1.29 is 14.6 Å². The summed E-state index contributed by atoms with van der Waals surface area (Å²) in [6.45, 7) is -0.243. The Morgan fingerprint density at radius 1 is 1.60 bits per heavy atom. The summed E-state index contributed by atoms with van der Waals surface area (Å²) in [6.07, 6.45) is 1.46. The minimum Gasteiger partial charge on any atom is -0.396 e. The monoisotopic (exact) mass is 170 g/mol. The molecule has 10 heavy (non-hydrogen) atoms. The fraction of sp³-hybridized carbons (Fsp3) is 1.00. The third kappa shape index (κ3) is 1.81. The minimum absolute atomic E-state index is 0. The molecule has 0 saturated heterocycles. The molecule has 0 radical (unpaired) electrons. The summed E-state index contributed by atoms with van der Waals surface area (Å²) in [4.78, 5) is 0. The van der Waals surface area contributed by atoms with Gasteiger partial charge in [0, 0.05) is 12.3 Å². The van der Waals surface area contributed by atoms with Crippen molar-refractivity contribution >= 4 is 12.4 Å². The van der Waals surface area contributed by atoms with E-state index < -0.39 is 11.8 Å². The largest absolute Gasteiger partial charge is 0.396 e. The predicted molar refractivity (Wildman–Crippen MR) is 37.7 cm³/mol. The molecule has 0 aromatic rings. The molecule has 0 spiro atoms.